The molecule has 0 aromatic carbocycles. The number of carboxylic acid groups (broad SMARTS) is 1. The number of aliphatic carboxylic acids is 1. The third-order valence-corrected chi connectivity index (χ3v) is 3.09. The van der Waals surface area contributed by atoms with Crippen LogP contribution in [0.4, 0.5) is 0 Å². The molecule has 19 heavy (non-hydrogen) atoms. The number of nitrogens with zero attached hydrogens (tertiary/aromatic N) is 4. The Morgan fingerprint density at radius 3 is 2.53 bits per heavy atom. The maximum Gasteiger partial charge on any atom is 0.304 e. The van der Waals surface area contributed by atoms with Crippen LogP contribution >= 0.6 is 0 Å². The lowest BCUT2D eigenvalue weighted by Crippen LogP contribution is -2.49. The minimum atomic E-state index is -0.797. The first-order valence-electron chi connectivity index (χ1n) is 6.18. The number of carbonyl (C=O) groups is 2. The van der Waals surface area contributed by atoms with Crippen LogP contribution in [-0.4, -0.2) is 74.7 Å². The van der Waals surface area contributed by atoms with Crippen molar-refractivity contribution in [1.82, 2.24) is 25.0 Å². The number of aromatic amines is 1. The molecule has 1 aliphatic rings. The molecule has 104 valence electrons. The molecule has 2 heterocycles. The molecule has 0 unspecified atom stereocenters. The van der Waals surface area contributed by atoms with Gasteiger partial charge in [0.1, 0.15) is 5.82 Å². The summed E-state index contributed by atoms with van der Waals surface area (Å²) < 4.78 is 0. The second-order valence-corrected chi connectivity index (χ2v) is 4.52. The van der Waals surface area contributed by atoms with Gasteiger partial charge in [-0.3, -0.25) is 19.6 Å². The normalized spacial score (nSPS) is 16.6. The van der Waals surface area contributed by atoms with Crippen LogP contribution in [0.15, 0.2) is 0 Å². The summed E-state index contributed by atoms with van der Waals surface area (Å²) in [5.74, 6) is -0.170. The Morgan fingerprint density at radius 2 is 2.00 bits per heavy atom. The zero-order valence-corrected chi connectivity index (χ0v) is 10.8. The van der Waals surface area contributed by atoms with Gasteiger partial charge in [-0.25, -0.2) is 4.98 Å². The average Bonchev–Trinajstić information content (AvgIpc) is 2.83. The molecule has 0 atom stereocenters. The highest BCUT2D eigenvalue weighted by atomic mass is 16.4. The fourth-order valence-electron chi connectivity index (χ4n) is 2.01. The molecule has 0 radical (unpaired) electrons. The van der Waals surface area contributed by atoms with Gasteiger partial charge in [0.2, 0.25) is 5.82 Å². The minimum Gasteiger partial charge on any atom is -0.481 e. The molecule has 0 bridgehead atoms. The maximum atomic E-state index is 12.1. The molecule has 0 saturated carbocycles. The van der Waals surface area contributed by atoms with Gasteiger partial charge in [0.05, 0.1) is 6.42 Å². The number of nitrogens with one attached hydrogen (secondary N) is 1. The molecule has 2 rings (SSSR count). The summed E-state index contributed by atoms with van der Waals surface area (Å²) in [6.45, 7) is 4.79. The Hall–Kier alpha value is -1.96. The summed E-state index contributed by atoms with van der Waals surface area (Å²) in [7, 11) is 0. The van der Waals surface area contributed by atoms with Gasteiger partial charge in [-0.1, -0.05) is 0 Å². The van der Waals surface area contributed by atoms with Crippen molar-refractivity contribution in [2.24, 2.45) is 0 Å². The molecule has 1 saturated heterocycles. The van der Waals surface area contributed by atoms with E-state index in [-0.39, 0.29) is 18.2 Å². The lowest BCUT2D eigenvalue weighted by molar-refractivity contribution is -0.137. The van der Waals surface area contributed by atoms with E-state index in [4.69, 9.17) is 5.11 Å². The second kappa shape index (κ2) is 5.79. The van der Waals surface area contributed by atoms with Gasteiger partial charge in [0.15, 0.2) is 0 Å². The van der Waals surface area contributed by atoms with Crippen molar-refractivity contribution < 1.29 is 14.7 Å². The van der Waals surface area contributed by atoms with E-state index in [1.165, 1.54) is 0 Å². The van der Waals surface area contributed by atoms with Crippen LogP contribution in [0.25, 0.3) is 0 Å². The number of hydrogen-bond donors (Lipinski definition) is 2. The quantitative estimate of drug-likeness (QED) is 0.751. The first kappa shape index (κ1) is 13.5. The summed E-state index contributed by atoms with van der Waals surface area (Å²) >= 11 is 0. The van der Waals surface area contributed by atoms with Crippen molar-refractivity contribution in [3.8, 4) is 0 Å². The smallest absolute Gasteiger partial charge is 0.304 e. The third kappa shape index (κ3) is 3.50. The van der Waals surface area contributed by atoms with E-state index in [0.29, 0.717) is 38.5 Å². The number of piperazine rings is 1. The number of amides is 1. The number of aromatic nitrogens is 3. The molecule has 1 amide bonds. The van der Waals surface area contributed by atoms with Gasteiger partial charge >= 0.3 is 5.97 Å². The third-order valence-electron chi connectivity index (χ3n) is 3.09. The number of aryl methyl sites for hydroxylation is 1. The minimum absolute atomic E-state index is 0.133. The first-order valence-corrected chi connectivity index (χ1v) is 6.18. The first-order chi connectivity index (χ1) is 9.06. The molecule has 1 aromatic rings. The van der Waals surface area contributed by atoms with Crippen molar-refractivity contribution in [3.63, 3.8) is 0 Å². The van der Waals surface area contributed by atoms with Gasteiger partial charge in [0, 0.05) is 32.7 Å². The van der Waals surface area contributed by atoms with Gasteiger partial charge < -0.3 is 10.0 Å². The summed E-state index contributed by atoms with van der Waals surface area (Å²) in [6.07, 6.45) is 0.133. The predicted molar refractivity (Wildman–Crippen MR) is 65.7 cm³/mol. The molecule has 0 spiro atoms. The Morgan fingerprint density at radius 1 is 1.32 bits per heavy atom. The van der Waals surface area contributed by atoms with Crippen molar-refractivity contribution in [2.45, 2.75) is 13.3 Å². The topological polar surface area (TPSA) is 102 Å². The van der Waals surface area contributed by atoms with Crippen LogP contribution in [0.1, 0.15) is 22.9 Å². The van der Waals surface area contributed by atoms with E-state index in [0.717, 1.165) is 0 Å². The zero-order valence-electron chi connectivity index (χ0n) is 10.8. The van der Waals surface area contributed by atoms with Gasteiger partial charge in [-0.15, -0.1) is 5.10 Å². The summed E-state index contributed by atoms with van der Waals surface area (Å²) in [6, 6.07) is 0. The summed E-state index contributed by atoms with van der Waals surface area (Å²) in [4.78, 5) is 30.3. The largest absolute Gasteiger partial charge is 0.481 e. The van der Waals surface area contributed by atoms with Crippen molar-refractivity contribution in [1.29, 1.82) is 0 Å². The highest BCUT2D eigenvalue weighted by Gasteiger charge is 2.24. The van der Waals surface area contributed by atoms with Gasteiger partial charge in [-0.05, 0) is 6.92 Å². The molecular formula is C11H17N5O3. The van der Waals surface area contributed by atoms with Gasteiger partial charge in [-0.2, -0.15) is 0 Å². The summed E-state index contributed by atoms with van der Waals surface area (Å²) in [5.41, 5.74) is 0. The van der Waals surface area contributed by atoms with E-state index in [1.54, 1.807) is 11.8 Å². The molecule has 8 nitrogen and oxygen atoms in total. The number of rotatable bonds is 4. The lowest BCUT2D eigenvalue weighted by atomic mass is 10.3. The van der Waals surface area contributed by atoms with Crippen LogP contribution in [0, 0.1) is 6.92 Å². The van der Waals surface area contributed by atoms with Crippen LogP contribution < -0.4 is 0 Å². The van der Waals surface area contributed by atoms with Crippen molar-refractivity contribution in [2.75, 3.05) is 32.7 Å². The molecule has 2 N–H and O–H groups in total. The predicted octanol–water partition coefficient (Wildman–Crippen LogP) is -0.654. The molecule has 0 aliphatic carbocycles. The highest BCUT2D eigenvalue weighted by Crippen LogP contribution is 2.06. The highest BCUT2D eigenvalue weighted by molar-refractivity contribution is 5.90. The van der Waals surface area contributed by atoms with E-state index in [2.05, 4.69) is 15.2 Å². The average molecular weight is 267 g/mol. The number of carbonyl (C=O) groups excluding carboxylic acids is 1. The van der Waals surface area contributed by atoms with E-state index >= 15 is 0 Å². The Balaban J connectivity index is 1.83. The van der Waals surface area contributed by atoms with Crippen LogP contribution in [0.3, 0.4) is 0 Å². The standard InChI is InChI=1S/C11H17N5O3/c1-8-12-10(14-13-8)11(19)16-6-4-15(5-7-16)3-2-9(17)18/h2-7H2,1H3,(H,17,18)(H,12,13,14). The SMILES string of the molecule is Cc1nc(C(=O)N2CCN(CCC(=O)O)CC2)n[nH]1. The van der Waals surface area contributed by atoms with E-state index in [1.807, 2.05) is 4.90 Å². The molecule has 1 aliphatic heterocycles. The molecule has 1 aromatic heterocycles. The van der Waals surface area contributed by atoms with E-state index in [9.17, 15) is 9.59 Å². The summed E-state index contributed by atoms with van der Waals surface area (Å²) in [5, 5.41) is 15.1. The fourth-order valence-corrected chi connectivity index (χ4v) is 2.01. The number of carboxylic acids is 1. The zero-order chi connectivity index (χ0) is 13.8. The van der Waals surface area contributed by atoms with Crippen molar-refractivity contribution >= 4 is 11.9 Å². The number of hydrogen-bond acceptors (Lipinski definition) is 5. The maximum absolute atomic E-state index is 12.1. The molecule has 8 heteroatoms. The van der Waals surface area contributed by atoms with Crippen LogP contribution in [-0.2, 0) is 4.79 Å². The van der Waals surface area contributed by atoms with Crippen molar-refractivity contribution in [3.05, 3.63) is 11.6 Å². The Labute approximate surface area is 110 Å². The fraction of sp³-hybridized carbons (Fsp3) is 0.636. The van der Waals surface area contributed by atoms with Gasteiger partial charge in [0.25, 0.3) is 5.91 Å². The Bertz CT molecular complexity index is 465. The second-order valence-electron chi connectivity index (χ2n) is 4.52. The lowest BCUT2D eigenvalue weighted by Gasteiger charge is -2.33. The van der Waals surface area contributed by atoms with Crippen LogP contribution in [0.2, 0.25) is 0 Å². The number of H-pyrrole nitrogens is 1. The Kier molecular flexibility index (Phi) is 4.10. The molecule has 1 fully saturated rings. The van der Waals surface area contributed by atoms with Crippen LogP contribution in [0.5, 0.6) is 0 Å². The monoisotopic (exact) mass is 267 g/mol. The van der Waals surface area contributed by atoms with E-state index < -0.39 is 5.97 Å². The molecular weight excluding hydrogens is 250 g/mol.